The molecule has 0 bridgehead atoms. The molecular formula is C12H20ClNOS. The van der Waals surface area contributed by atoms with Gasteiger partial charge in [-0.3, -0.25) is 0 Å². The molecule has 0 aromatic carbocycles. The van der Waals surface area contributed by atoms with Crippen LogP contribution in [0.1, 0.15) is 31.6 Å². The van der Waals surface area contributed by atoms with E-state index in [1.165, 1.54) is 4.88 Å². The van der Waals surface area contributed by atoms with Gasteiger partial charge in [-0.05, 0) is 31.4 Å². The fourth-order valence-electron chi connectivity index (χ4n) is 1.52. The van der Waals surface area contributed by atoms with E-state index in [4.69, 9.17) is 11.6 Å². The number of thiophene rings is 1. The molecular weight excluding hydrogens is 242 g/mol. The molecule has 0 unspecified atom stereocenters. The summed E-state index contributed by atoms with van der Waals surface area (Å²) in [5.41, 5.74) is -0.549. The average Bonchev–Trinajstić information content (AvgIpc) is 2.70. The van der Waals surface area contributed by atoms with E-state index in [1.54, 1.807) is 11.3 Å². The molecule has 2 N–H and O–H groups in total. The molecule has 4 heteroatoms. The number of aliphatic hydroxyl groups is 1. The standard InChI is InChI=1S/C12H20ClNOS/c1-3-12(15,4-2)9-14-8-7-10-5-6-11(13)16-10/h5-6,14-15H,3-4,7-9H2,1-2H3. The van der Waals surface area contributed by atoms with Crippen molar-refractivity contribution in [2.45, 2.75) is 38.7 Å². The SMILES string of the molecule is CCC(O)(CC)CNCCc1ccc(Cl)s1. The number of halogens is 1. The zero-order chi connectivity index (χ0) is 12.0. The monoisotopic (exact) mass is 261 g/mol. The largest absolute Gasteiger partial charge is 0.389 e. The van der Waals surface area contributed by atoms with E-state index in [2.05, 4.69) is 11.4 Å². The zero-order valence-electron chi connectivity index (χ0n) is 9.92. The highest BCUT2D eigenvalue weighted by atomic mass is 35.5. The second kappa shape index (κ2) is 6.60. The first-order valence-corrected chi connectivity index (χ1v) is 6.96. The molecule has 1 aromatic heterocycles. The highest BCUT2D eigenvalue weighted by Crippen LogP contribution is 2.21. The Morgan fingerprint density at radius 1 is 1.38 bits per heavy atom. The van der Waals surface area contributed by atoms with Crippen LogP contribution in [0.15, 0.2) is 12.1 Å². The molecule has 92 valence electrons. The van der Waals surface area contributed by atoms with Gasteiger partial charge >= 0.3 is 0 Å². The Hall–Kier alpha value is -0.0900. The number of hydrogen-bond acceptors (Lipinski definition) is 3. The topological polar surface area (TPSA) is 32.3 Å². The first-order chi connectivity index (χ1) is 7.59. The number of hydrogen-bond donors (Lipinski definition) is 2. The summed E-state index contributed by atoms with van der Waals surface area (Å²) in [5, 5.41) is 13.3. The minimum absolute atomic E-state index is 0.549. The third kappa shape index (κ3) is 4.42. The summed E-state index contributed by atoms with van der Waals surface area (Å²) in [6, 6.07) is 3.98. The first kappa shape index (κ1) is 14.0. The highest BCUT2D eigenvalue weighted by molar-refractivity contribution is 7.16. The lowest BCUT2D eigenvalue weighted by Gasteiger charge is -2.25. The Morgan fingerprint density at radius 2 is 2.06 bits per heavy atom. The van der Waals surface area contributed by atoms with Crippen molar-refractivity contribution in [2.24, 2.45) is 0 Å². The molecule has 0 atom stereocenters. The normalized spacial score (nSPS) is 12.0. The molecule has 0 saturated carbocycles. The van der Waals surface area contributed by atoms with Crippen LogP contribution in [0.2, 0.25) is 4.34 Å². The van der Waals surface area contributed by atoms with Crippen LogP contribution in [0.3, 0.4) is 0 Å². The van der Waals surface area contributed by atoms with Crippen LogP contribution >= 0.6 is 22.9 Å². The van der Waals surface area contributed by atoms with Gasteiger partial charge < -0.3 is 10.4 Å². The van der Waals surface area contributed by atoms with E-state index in [0.29, 0.717) is 6.54 Å². The quantitative estimate of drug-likeness (QED) is 0.740. The van der Waals surface area contributed by atoms with Crippen molar-refractivity contribution in [3.05, 3.63) is 21.3 Å². The van der Waals surface area contributed by atoms with E-state index >= 15 is 0 Å². The van der Waals surface area contributed by atoms with E-state index in [9.17, 15) is 5.11 Å². The van der Waals surface area contributed by atoms with Gasteiger partial charge in [-0.1, -0.05) is 25.4 Å². The van der Waals surface area contributed by atoms with Crippen LogP contribution in [-0.2, 0) is 6.42 Å². The van der Waals surface area contributed by atoms with Gasteiger partial charge in [0.2, 0.25) is 0 Å². The van der Waals surface area contributed by atoms with Crippen molar-refractivity contribution in [2.75, 3.05) is 13.1 Å². The van der Waals surface area contributed by atoms with E-state index in [1.807, 2.05) is 19.9 Å². The summed E-state index contributed by atoms with van der Waals surface area (Å²) in [4.78, 5) is 1.29. The van der Waals surface area contributed by atoms with Crippen LogP contribution in [0, 0.1) is 0 Å². The molecule has 1 heterocycles. The van der Waals surface area contributed by atoms with Crippen LogP contribution in [0.4, 0.5) is 0 Å². The second-order valence-electron chi connectivity index (χ2n) is 4.06. The minimum Gasteiger partial charge on any atom is -0.389 e. The van der Waals surface area contributed by atoms with E-state index < -0.39 is 5.60 Å². The predicted octanol–water partition coefficient (Wildman–Crippen LogP) is 3.08. The van der Waals surface area contributed by atoms with Gasteiger partial charge in [0.1, 0.15) is 0 Å². The molecule has 0 spiro atoms. The highest BCUT2D eigenvalue weighted by Gasteiger charge is 2.20. The molecule has 0 amide bonds. The van der Waals surface area contributed by atoms with Gasteiger partial charge in [0, 0.05) is 18.0 Å². The zero-order valence-corrected chi connectivity index (χ0v) is 11.5. The van der Waals surface area contributed by atoms with E-state index in [0.717, 1.165) is 30.1 Å². The van der Waals surface area contributed by atoms with Gasteiger partial charge in [-0.15, -0.1) is 11.3 Å². The molecule has 1 rings (SSSR count). The summed E-state index contributed by atoms with van der Waals surface area (Å²) in [7, 11) is 0. The van der Waals surface area contributed by atoms with Crippen LogP contribution < -0.4 is 5.32 Å². The molecule has 1 aromatic rings. The molecule has 0 aliphatic rings. The maximum absolute atomic E-state index is 10.0. The summed E-state index contributed by atoms with van der Waals surface area (Å²) >= 11 is 7.47. The summed E-state index contributed by atoms with van der Waals surface area (Å²) in [5.74, 6) is 0. The predicted molar refractivity (Wildman–Crippen MR) is 71.4 cm³/mol. The maximum Gasteiger partial charge on any atom is 0.0931 e. The van der Waals surface area contributed by atoms with Gasteiger partial charge in [0.15, 0.2) is 0 Å². The average molecular weight is 262 g/mol. The second-order valence-corrected chi connectivity index (χ2v) is 5.86. The molecule has 0 aliphatic heterocycles. The molecule has 2 nitrogen and oxygen atoms in total. The summed E-state index contributed by atoms with van der Waals surface area (Å²) in [6.07, 6.45) is 2.56. The van der Waals surface area contributed by atoms with Gasteiger partial charge in [-0.25, -0.2) is 0 Å². The summed E-state index contributed by atoms with van der Waals surface area (Å²) < 4.78 is 0.841. The molecule has 0 aliphatic carbocycles. The third-order valence-electron chi connectivity index (χ3n) is 2.95. The van der Waals surface area contributed by atoms with Crippen LogP contribution in [0.5, 0.6) is 0 Å². The fraction of sp³-hybridized carbons (Fsp3) is 0.667. The van der Waals surface area contributed by atoms with Gasteiger partial charge in [0.05, 0.1) is 9.94 Å². The Balaban J connectivity index is 2.21. The minimum atomic E-state index is -0.549. The molecule has 0 saturated heterocycles. The van der Waals surface area contributed by atoms with E-state index in [-0.39, 0.29) is 0 Å². The Labute approximate surface area is 107 Å². The Morgan fingerprint density at radius 3 is 2.56 bits per heavy atom. The summed E-state index contributed by atoms with van der Waals surface area (Å²) in [6.45, 7) is 5.59. The molecule has 0 radical (unpaired) electrons. The smallest absolute Gasteiger partial charge is 0.0931 e. The fourth-order valence-corrected chi connectivity index (χ4v) is 2.61. The number of rotatable bonds is 7. The van der Waals surface area contributed by atoms with Gasteiger partial charge in [0.25, 0.3) is 0 Å². The van der Waals surface area contributed by atoms with Crippen molar-refractivity contribution in [1.82, 2.24) is 5.32 Å². The van der Waals surface area contributed by atoms with Crippen molar-refractivity contribution in [3.8, 4) is 0 Å². The lowest BCUT2D eigenvalue weighted by Crippen LogP contribution is -2.40. The third-order valence-corrected chi connectivity index (χ3v) is 4.24. The molecule has 16 heavy (non-hydrogen) atoms. The lowest BCUT2D eigenvalue weighted by molar-refractivity contribution is 0.0329. The lowest BCUT2D eigenvalue weighted by atomic mass is 9.98. The molecule has 0 fully saturated rings. The van der Waals surface area contributed by atoms with Crippen molar-refractivity contribution in [1.29, 1.82) is 0 Å². The maximum atomic E-state index is 10.0. The van der Waals surface area contributed by atoms with Crippen molar-refractivity contribution < 1.29 is 5.11 Å². The van der Waals surface area contributed by atoms with Crippen molar-refractivity contribution >= 4 is 22.9 Å². The van der Waals surface area contributed by atoms with Crippen molar-refractivity contribution in [3.63, 3.8) is 0 Å². The Kier molecular flexibility index (Phi) is 5.76. The Bertz CT molecular complexity index is 310. The van der Waals surface area contributed by atoms with Gasteiger partial charge in [-0.2, -0.15) is 0 Å². The first-order valence-electron chi connectivity index (χ1n) is 5.77. The van der Waals surface area contributed by atoms with Crippen LogP contribution in [0.25, 0.3) is 0 Å². The van der Waals surface area contributed by atoms with Crippen LogP contribution in [-0.4, -0.2) is 23.8 Å². The number of nitrogens with one attached hydrogen (secondary N) is 1.